The molecule has 0 aromatic heterocycles. The van der Waals surface area contributed by atoms with Crippen molar-refractivity contribution in [1.29, 1.82) is 0 Å². The first-order valence-electron chi connectivity index (χ1n) is 6.66. The van der Waals surface area contributed by atoms with E-state index in [1.807, 2.05) is 42.6 Å². The Bertz CT molecular complexity index is 755. The fourth-order valence-electron chi connectivity index (χ4n) is 2.11. The van der Waals surface area contributed by atoms with E-state index in [-0.39, 0.29) is 0 Å². The van der Waals surface area contributed by atoms with Gasteiger partial charge in [-0.05, 0) is 40.6 Å². The molecule has 0 N–H and O–H groups in total. The van der Waals surface area contributed by atoms with Gasteiger partial charge >= 0.3 is 0 Å². The predicted octanol–water partition coefficient (Wildman–Crippen LogP) is 5.26. The highest BCUT2D eigenvalue weighted by atomic mass is 14.7. The maximum atomic E-state index is 4.37. The van der Waals surface area contributed by atoms with Gasteiger partial charge < -0.3 is 0 Å². The normalized spacial score (nSPS) is 11.6. The Morgan fingerprint density at radius 2 is 1.45 bits per heavy atom. The van der Waals surface area contributed by atoms with E-state index in [4.69, 9.17) is 0 Å². The molecule has 1 heteroatoms. The molecule has 1 nitrogen and oxygen atoms in total. The first kappa shape index (κ1) is 12.4. The van der Waals surface area contributed by atoms with Gasteiger partial charge in [0.1, 0.15) is 0 Å². The van der Waals surface area contributed by atoms with Crippen molar-refractivity contribution in [1.82, 2.24) is 0 Å². The lowest BCUT2D eigenvalue weighted by atomic mass is 10.1. The summed E-state index contributed by atoms with van der Waals surface area (Å²) in [6, 6.07) is 24.8. The van der Waals surface area contributed by atoms with Gasteiger partial charge in [0.2, 0.25) is 0 Å². The van der Waals surface area contributed by atoms with Crippen LogP contribution in [0.15, 0.2) is 83.9 Å². The second-order valence-corrected chi connectivity index (χ2v) is 4.58. The zero-order valence-electron chi connectivity index (χ0n) is 11.1. The summed E-state index contributed by atoms with van der Waals surface area (Å²) >= 11 is 0. The van der Waals surface area contributed by atoms with Crippen molar-refractivity contribution >= 4 is 28.8 Å². The molecule has 0 aliphatic carbocycles. The number of aliphatic imine (C=N–C) groups is 1. The Hall–Kier alpha value is -2.67. The largest absolute Gasteiger partial charge is 0.257 e. The van der Waals surface area contributed by atoms with Crippen LogP contribution in [-0.4, -0.2) is 6.21 Å². The number of hydrogen-bond donors (Lipinski definition) is 0. The quantitative estimate of drug-likeness (QED) is 0.568. The van der Waals surface area contributed by atoms with E-state index in [1.54, 1.807) is 0 Å². The van der Waals surface area contributed by atoms with Crippen molar-refractivity contribution in [2.45, 2.75) is 0 Å². The van der Waals surface area contributed by atoms with E-state index in [2.05, 4.69) is 53.5 Å². The molecular formula is C19H15N. The first-order valence-corrected chi connectivity index (χ1v) is 6.66. The van der Waals surface area contributed by atoms with E-state index in [0.29, 0.717) is 0 Å². The molecule has 0 saturated heterocycles. The summed E-state index contributed by atoms with van der Waals surface area (Å²) in [5, 5.41) is 2.53. The molecule has 0 heterocycles. The van der Waals surface area contributed by atoms with E-state index in [1.165, 1.54) is 16.3 Å². The molecule has 0 bridgehead atoms. The lowest BCUT2D eigenvalue weighted by Crippen LogP contribution is -1.75. The number of hydrogen-bond acceptors (Lipinski definition) is 1. The zero-order valence-corrected chi connectivity index (χ0v) is 11.1. The van der Waals surface area contributed by atoms with Crippen molar-refractivity contribution < 1.29 is 0 Å². The van der Waals surface area contributed by atoms with Gasteiger partial charge in [-0.15, -0.1) is 0 Å². The predicted molar refractivity (Wildman–Crippen MR) is 87.6 cm³/mol. The monoisotopic (exact) mass is 257 g/mol. The lowest BCUT2D eigenvalue weighted by molar-refractivity contribution is 1.54. The Kier molecular flexibility index (Phi) is 3.70. The summed E-state index contributed by atoms with van der Waals surface area (Å²) in [6.45, 7) is 0. The summed E-state index contributed by atoms with van der Waals surface area (Å²) in [4.78, 5) is 4.37. The van der Waals surface area contributed by atoms with E-state index >= 15 is 0 Å². The Labute approximate surface area is 118 Å². The summed E-state index contributed by atoms with van der Waals surface area (Å²) in [5.74, 6) is 0. The molecule has 3 aromatic carbocycles. The minimum atomic E-state index is 0.968. The molecule has 96 valence electrons. The molecule has 20 heavy (non-hydrogen) atoms. The average molecular weight is 257 g/mol. The van der Waals surface area contributed by atoms with Crippen LogP contribution in [0.1, 0.15) is 5.56 Å². The number of allylic oxidation sites excluding steroid dienone is 1. The Balaban J connectivity index is 1.76. The van der Waals surface area contributed by atoms with Gasteiger partial charge in [0, 0.05) is 6.21 Å². The van der Waals surface area contributed by atoms with Gasteiger partial charge in [-0.2, -0.15) is 0 Å². The summed E-state index contributed by atoms with van der Waals surface area (Å²) < 4.78 is 0. The van der Waals surface area contributed by atoms with E-state index in [9.17, 15) is 0 Å². The van der Waals surface area contributed by atoms with Gasteiger partial charge in [0.25, 0.3) is 0 Å². The smallest absolute Gasteiger partial charge is 0.0629 e. The molecule has 0 radical (unpaired) electrons. The van der Waals surface area contributed by atoms with Gasteiger partial charge in [0.05, 0.1) is 5.69 Å². The molecule has 0 unspecified atom stereocenters. The van der Waals surface area contributed by atoms with Crippen LogP contribution in [0.5, 0.6) is 0 Å². The molecular weight excluding hydrogens is 242 g/mol. The fraction of sp³-hybridized carbons (Fsp3) is 0. The van der Waals surface area contributed by atoms with Crippen molar-refractivity contribution in [2.75, 3.05) is 0 Å². The Morgan fingerprint density at radius 1 is 0.700 bits per heavy atom. The molecule has 0 aliphatic rings. The van der Waals surface area contributed by atoms with Crippen molar-refractivity contribution in [3.63, 3.8) is 0 Å². The second kappa shape index (κ2) is 5.98. The number of nitrogens with zero attached hydrogens (tertiary/aromatic N) is 1. The number of rotatable bonds is 3. The van der Waals surface area contributed by atoms with Crippen LogP contribution in [0.4, 0.5) is 5.69 Å². The van der Waals surface area contributed by atoms with Crippen molar-refractivity contribution in [3.05, 3.63) is 84.4 Å². The van der Waals surface area contributed by atoms with Crippen LogP contribution in [0.2, 0.25) is 0 Å². The maximum absolute atomic E-state index is 4.37. The number of para-hydroxylation sites is 1. The van der Waals surface area contributed by atoms with Crippen molar-refractivity contribution in [3.8, 4) is 0 Å². The van der Waals surface area contributed by atoms with E-state index in [0.717, 1.165) is 5.69 Å². The lowest BCUT2D eigenvalue weighted by Gasteiger charge is -1.98. The minimum Gasteiger partial charge on any atom is -0.257 e. The third-order valence-electron chi connectivity index (χ3n) is 3.13. The highest BCUT2D eigenvalue weighted by Gasteiger charge is 1.92. The van der Waals surface area contributed by atoms with Crippen LogP contribution in [0, 0.1) is 0 Å². The van der Waals surface area contributed by atoms with Crippen LogP contribution in [0.25, 0.3) is 16.8 Å². The molecule has 0 fully saturated rings. The van der Waals surface area contributed by atoms with Crippen molar-refractivity contribution in [2.24, 2.45) is 4.99 Å². The second-order valence-electron chi connectivity index (χ2n) is 4.58. The van der Waals surface area contributed by atoms with Gasteiger partial charge in [-0.25, -0.2) is 0 Å². The maximum Gasteiger partial charge on any atom is 0.0629 e. The highest BCUT2D eigenvalue weighted by molar-refractivity contribution is 5.86. The SMILES string of the molecule is C(=C\c1ccc2ccccc2c1)/C=N/c1ccccc1. The molecule has 3 aromatic rings. The van der Waals surface area contributed by atoms with Gasteiger partial charge in [0.15, 0.2) is 0 Å². The zero-order chi connectivity index (χ0) is 13.6. The summed E-state index contributed by atoms with van der Waals surface area (Å²) in [5.41, 5.74) is 2.15. The summed E-state index contributed by atoms with van der Waals surface area (Å²) in [6.07, 6.45) is 5.86. The molecule has 0 aliphatic heterocycles. The van der Waals surface area contributed by atoms with Crippen LogP contribution < -0.4 is 0 Å². The van der Waals surface area contributed by atoms with Crippen LogP contribution >= 0.6 is 0 Å². The standard InChI is InChI=1S/C19H15N/c1-2-10-19(11-3-1)20-14-6-7-16-12-13-17-8-4-5-9-18(17)15-16/h1-15H/b7-6+,20-14+. The molecule has 0 saturated carbocycles. The average Bonchev–Trinajstić information content (AvgIpc) is 2.52. The van der Waals surface area contributed by atoms with E-state index < -0.39 is 0 Å². The molecule has 3 rings (SSSR count). The molecule has 0 amide bonds. The van der Waals surface area contributed by atoms with Crippen LogP contribution in [-0.2, 0) is 0 Å². The number of fused-ring (bicyclic) bond motifs is 1. The minimum absolute atomic E-state index is 0.968. The third kappa shape index (κ3) is 3.01. The van der Waals surface area contributed by atoms with Gasteiger partial charge in [-0.3, -0.25) is 4.99 Å². The topological polar surface area (TPSA) is 12.4 Å². The third-order valence-corrected chi connectivity index (χ3v) is 3.13. The molecule has 0 spiro atoms. The number of benzene rings is 3. The van der Waals surface area contributed by atoms with Gasteiger partial charge in [-0.1, -0.05) is 60.7 Å². The first-order chi connectivity index (χ1) is 9.92. The molecule has 0 atom stereocenters. The highest BCUT2D eigenvalue weighted by Crippen LogP contribution is 2.16. The fourth-order valence-corrected chi connectivity index (χ4v) is 2.11. The van der Waals surface area contributed by atoms with Crippen LogP contribution in [0.3, 0.4) is 0 Å². The summed E-state index contributed by atoms with van der Waals surface area (Å²) in [7, 11) is 0. The Morgan fingerprint density at radius 3 is 2.30 bits per heavy atom.